The number of methoxy groups -OCH3 is 1. The van der Waals surface area contributed by atoms with Crippen LogP contribution in [0.15, 0.2) is 30.3 Å². The number of hydrogen-bond donors (Lipinski definition) is 1. The van der Waals surface area contributed by atoms with Crippen LogP contribution in [0.4, 0.5) is 5.69 Å². The minimum Gasteiger partial charge on any atom is -0.478 e. The van der Waals surface area contributed by atoms with Crippen LogP contribution in [-0.2, 0) is 14.3 Å². The van der Waals surface area contributed by atoms with Crippen molar-refractivity contribution >= 4 is 23.1 Å². The Hall–Kier alpha value is -2.14. The Labute approximate surface area is 104 Å². The topological polar surface area (TPSA) is 66.8 Å². The molecule has 1 amide bonds. The molecule has 0 spiro atoms. The first-order valence-corrected chi connectivity index (χ1v) is 5.42. The minimum atomic E-state index is -1.06. The Morgan fingerprint density at radius 1 is 1.39 bits per heavy atom. The molecule has 1 atom stereocenters. The van der Waals surface area contributed by atoms with E-state index in [0.29, 0.717) is 16.8 Å². The number of carbonyl (C=O) groups excluding carboxylic acids is 1. The van der Waals surface area contributed by atoms with Crippen LogP contribution in [0.5, 0.6) is 0 Å². The summed E-state index contributed by atoms with van der Waals surface area (Å²) in [4.78, 5) is 24.0. The SMILES string of the molecule is COC1/C(=C\C(=O)O)c2ccccc2N1C(C)=O. The number of carboxylic acids is 1. The maximum atomic E-state index is 11.7. The number of hydrogen-bond acceptors (Lipinski definition) is 3. The summed E-state index contributed by atoms with van der Waals surface area (Å²) in [6, 6.07) is 7.14. The highest BCUT2D eigenvalue weighted by molar-refractivity contribution is 6.06. The number of benzene rings is 1. The van der Waals surface area contributed by atoms with Crippen LogP contribution in [0.3, 0.4) is 0 Å². The molecule has 0 fully saturated rings. The smallest absolute Gasteiger partial charge is 0.328 e. The predicted octanol–water partition coefficient (Wildman–Crippen LogP) is 1.49. The van der Waals surface area contributed by atoms with Gasteiger partial charge in [-0.2, -0.15) is 0 Å². The van der Waals surface area contributed by atoms with Crippen molar-refractivity contribution in [2.75, 3.05) is 12.0 Å². The summed E-state index contributed by atoms with van der Waals surface area (Å²) in [5.74, 6) is -1.25. The lowest BCUT2D eigenvalue weighted by Gasteiger charge is -2.22. The lowest BCUT2D eigenvalue weighted by atomic mass is 10.1. The fourth-order valence-corrected chi connectivity index (χ4v) is 2.18. The molecule has 0 saturated heterocycles. The van der Waals surface area contributed by atoms with Gasteiger partial charge in [-0.15, -0.1) is 0 Å². The molecule has 2 rings (SSSR count). The third-order valence-electron chi connectivity index (χ3n) is 2.82. The van der Waals surface area contributed by atoms with Gasteiger partial charge in [0.2, 0.25) is 5.91 Å². The summed E-state index contributed by atoms with van der Waals surface area (Å²) in [5, 5.41) is 8.90. The molecule has 1 aromatic carbocycles. The highest BCUT2D eigenvalue weighted by Crippen LogP contribution is 2.40. The first kappa shape index (κ1) is 12.3. The number of carbonyl (C=O) groups is 2. The van der Waals surface area contributed by atoms with Crippen molar-refractivity contribution in [2.45, 2.75) is 13.2 Å². The number of amides is 1. The van der Waals surface area contributed by atoms with Crippen LogP contribution >= 0.6 is 0 Å². The van der Waals surface area contributed by atoms with Crippen molar-refractivity contribution in [1.82, 2.24) is 0 Å². The molecule has 1 N–H and O–H groups in total. The van der Waals surface area contributed by atoms with Gasteiger partial charge in [-0.1, -0.05) is 18.2 Å². The normalized spacial score (nSPS) is 20.0. The molecular formula is C13H13NO4. The average Bonchev–Trinajstić information content (AvgIpc) is 2.63. The van der Waals surface area contributed by atoms with E-state index < -0.39 is 12.2 Å². The first-order chi connectivity index (χ1) is 8.56. The van der Waals surface area contributed by atoms with Gasteiger partial charge in [0.05, 0.1) is 5.69 Å². The number of para-hydroxylation sites is 1. The Bertz CT molecular complexity index is 536. The van der Waals surface area contributed by atoms with Gasteiger partial charge >= 0.3 is 5.97 Å². The van der Waals surface area contributed by atoms with Gasteiger partial charge in [0.15, 0.2) is 6.23 Å². The second kappa shape index (κ2) is 4.62. The number of carboxylic acid groups (broad SMARTS) is 1. The largest absolute Gasteiger partial charge is 0.478 e. The van der Waals surface area contributed by atoms with Crippen LogP contribution in [0.2, 0.25) is 0 Å². The second-order valence-electron chi connectivity index (χ2n) is 3.93. The van der Waals surface area contributed by atoms with Gasteiger partial charge in [-0.25, -0.2) is 4.79 Å². The molecule has 1 aliphatic rings. The summed E-state index contributed by atoms with van der Waals surface area (Å²) >= 11 is 0. The molecule has 18 heavy (non-hydrogen) atoms. The van der Waals surface area contributed by atoms with Gasteiger partial charge < -0.3 is 9.84 Å². The Balaban J connectivity index is 2.62. The van der Waals surface area contributed by atoms with Gasteiger partial charge in [0.1, 0.15) is 0 Å². The Morgan fingerprint density at radius 3 is 2.61 bits per heavy atom. The van der Waals surface area contributed by atoms with E-state index in [2.05, 4.69) is 0 Å². The molecule has 5 nitrogen and oxygen atoms in total. The Morgan fingerprint density at radius 2 is 2.06 bits per heavy atom. The van der Waals surface area contributed by atoms with Gasteiger partial charge in [-0.05, 0) is 6.07 Å². The first-order valence-electron chi connectivity index (χ1n) is 5.42. The fourth-order valence-electron chi connectivity index (χ4n) is 2.18. The van der Waals surface area contributed by atoms with E-state index in [9.17, 15) is 9.59 Å². The van der Waals surface area contributed by atoms with E-state index >= 15 is 0 Å². The summed E-state index contributed by atoms with van der Waals surface area (Å²) in [7, 11) is 1.45. The second-order valence-corrected chi connectivity index (χ2v) is 3.93. The number of nitrogens with zero attached hydrogens (tertiary/aromatic N) is 1. The minimum absolute atomic E-state index is 0.192. The third kappa shape index (κ3) is 1.89. The van der Waals surface area contributed by atoms with E-state index in [1.54, 1.807) is 24.3 Å². The van der Waals surface area contributed by atoms with E-state index in [0.717, 1.165) is 6.08 Å². The van der Waals surface area contributed by atoms with Crippen molar-refractivity contribution in [3.8, 4) is 0 Å². The van der Waals surface area contributed by atoms with Gasteiger partial charge in [-0.3, -0.25) is 9.69 Å². The van der Waals surface area contributed by atoms with Crippen molar-refractivity contribution in [1.29, 1.82) is 0 Å². The molecule has 0 aliphatic carbocycles. The molecule has 0 radical (unpaired) electrons. The number of rotatable bonds is 2. The standard InChI is InChI=1S/C13H13NO4/c1-8(15)14-11-6-4-3-5-9(11)10(7-12(16)17)13(14)18-2/h3-7,13H,1-2H3,(H,16,17)/b10-7-. The maximum Gasteiger partial charge on any atom is 0.328 e. The zero-order valence-electron chi connectivity index (χ0n) is 10.1. The van der Waals surface area contributed by atoms with E-state index in [-0.39, 0.29) is 5.91 Å². The zero-order valence-corrected chi connectivity index (χ0v) is 10.1. The molecule has 1 aliphatic heterocycles. The van der Waals surface area contributed by atoms with Crippen LogP contribution < -0.4 is 4.90 Å². The molecule has 1 aromatic rings. The summed E-state index contributed by atoms with van der Waals surface area (Å²) < 4.78 is 5.25. The van der Waals surface area contributed by atoms with Crippen molar-refractivity contribution in [3.63, 3.8) is 0 Å². The summed E-state index contributed by atoms with van der Waals surface area (Å²) in [5.41, 5.74) is 1.86. The quantitative estimate of drug-likeness (QED) is 0.804. The molecule has 94 valence electrons. The van der Waals surface area contributed by atoms with E-state index in [1.807, 2.05) is 0 Å². The van der Waals surface area contributed by atoms with Crippen molar-refractivity contribution in [3.05, 3.63) is 35.9 Å². The number of fused-ring (bicyclic) bond motifs is 1. The zero-order chi connectivity index (χ0) is 13.3. The molecule has 0 bridgehead atoms. The molecule has 5 heteroatoms. The number of anilines is 1. The maximum absolute atomic E-state index is 11.7. The predicted molar refractivity (Wildman–Crippen MR) is 66.0 cm³/mol. The summed E-state index contributed by atoms with van der Waals surface area (Å²) in [6.45, 7) is 1.42. The van der Waals surface area contributed by atoms with Crippen LogP contribution in [0.25, 0.3) is 5.57 Å². The lowest BCUT2D eigenvalue weighted by molar-refractivity contribution is -0.131. The summed E-state index contributed by atoms with van der Waals surface area (Å²) in [6.07, 6.45) is 0.395. The fraction of sp³-hybridized carbons (Fsp3) is 0.231. The number of ether oxygens (including phenoxy) is 1. The molecule has 0 aromatic heterocycles. The molecular weight excluding hydrogens is 234 g/mol. The third-order valence-corrected chi connectivity index (χ3v) is 2.82. The lowest BCUT2D eigenvalue weighted by Crippen LogP contribution is -2.36. The molecule has 1 unspecified atom stereocenters. The van der Waals surface area contributed by atoms with Crippen molar-refractivity contribution in [2.24, 2.45) is 0 Å². The molecule has 0 saturated carbocycles. The van der Waals surface area contributed by atoms with Crippen LogP contribution in [0.1, 0.15) is 12.5 Å². The van der Waals surface area contributed by atoms with Crippen LogP contribution in [0, 0.1) is 0 Å². The monoisotopic (exact) mass is 247 g/mol. The van der Waals surface area contributed by atoms with Gasteiger partial charge in [0, 0.05) is 31.2 Å². The van der Waals surface area contributed by atoms with Gasteiger partial charge in [0.25, 0.3) is 0 Å². The van der Waals surface area contributed by atoms with Crippen LogP contribution in [-0.4, -0.2) is 30.3 Å². The highest BCUT2D eigenvalue weighted by atomic mass is 16.5. The van der Waals surface area contributed by atoms with Crippen molar-refractivity contribution < 1.29 is 19.4 Å². The molecule has 1 heterocycles. The van der Waals surface area contributed by atoms with E-state index in [4.69, 9.17) is 9.84 Å². The Kier molecular flexibility index (Phi) is 3.16. The van der Waals surface area contributed by atoms with E-state index in [1.165, 1.54) is 18.9 Å². The average molecular weight is 247 g/mol. The number of aliphatic carboxylic acids is 1. The highest BCUT2D eigenvalue weighted by Gasteiger charge is 2.36.